The zero-order valence-corrected chi connectivity index (χ0v) is 22.5. The van der Waals surface area contributed by atoms with Crippen LogP contribution >= 0.6 is 0 Å². The van der Waals surface area contributed by atoms with Crippen molar-refractivity contribution in [2.75, 3.05) is 9.80 Å². The van der Waals surface area contributed by atoms with Crippen LogP contribution in [0.5, 0.6) is 0 Å². The van der Waals surface area contributed by atoms with Crippen molar-refractivity contribution in [3.8, 4) is 0 Å². The van der Waals surface area contributed by atoms with Crippen LogP contribution in [-0.4, -0.2) is 23.6 Å². The van der Waals surface area contributed by atoms with E-state index in [4.69, 9.17) is 0 Å². The molecule has 0 aliphatic carbocycles. The highest BCUT2D eigenvalue weighted by Gasteiger charge is 2.39. The van der Waals surface area contributed by atoms with Crippen LogP contribution in [0.25, 0.3) is 43.1 Å². The van der Waals surface area contributed by atoms with Gasteiger partial charge in [0, 0.05) is 38.1 Å². The molecule has 208 valence electrons. The van der Waals surface area contributed by atoms with Gasteiger partial charge in [-0.25, -0.2) is 18.6 Å². The van der Waals surface area contributed by atoms with Gasteiger partial charge < -0.3 is 0 Å². The van der Waals surface area contributed by atoms with E-state index in [-0.39, 0.29) is 49.5 Å². The van der Waals surface area contributed by atoms with Gasteiger partial charge in [-0.05, 0) is 64.7 Å². The average Bonchev–Trinajstić information content (AvgIpc) is 3.03. The van der Waals surface area contributed by atoms with Crippen LogP contribution in [0.15, 0.2) is 97.1 Å². The van der Waals surface area contributed by atoms with Gasteiger partial charge in [0.15, 0.2) is 0 Å². The first-order chi connectivity index (χ1) is 21.4. The molecule has 44 heavy (non-hydrogen) atoms. The first-order valence-corrected chi connectivity index (χ1v) is 13.8. The zero-order valence-electron chi connectivity index (χ0n) is 22.5. The summed E-state index contributed by atoms with van der Waals surface area (Å²) in [4.78, 5) is 57.0. The van der Waals surface area contributed by atoms with E-state index >= 15 is 8.78 Å². The Morgan fingerprint density at radius 3 is 1.20 bits per heavy atom. The summed E-state index contributed by atoms with van der Waals surface area (Å²) in [6, 6.07) is 25.2. The first-order valence-electron chi connectivity index (χ1n) is 13.8. The fourth-order valence-electron chi connectivity index (χ4n) is 6.99. The van der Waals surface area contributed by atoms with E-state index < -0.39 is 35.3 Å². The Morgan fingerprint density at radius 2 is 0.773 bits per heavy atom. The highest BCUT2D eigenvalue weighted by molar-refractivity contribution is 6.45. The molecule has 6 nitrogen and oxygen atoms in total. The second kappa shape index (κ2) is 8.29. The number of halogens is 2. The number of amides is 4. The standard InChI is InChI=1S/C36H16F2N2O4/c37-25-15-23-29-24(36(44)40(35(23)43)18-9-5-2-6-10-18)16-26(38)31-20-12-14-22-28-21(13-11-19(27(20)28)30(25)32(29)31)33(41)39(34(22)42)17-7-3-1-4-8-17/h1-16H. The third kappa shape index (κ3) is 2.86. The maximum atomic E-state index is 16.3. The van der Waals surface area contributed by atoms with Crippen molar-refractivity contribution in [1.82, 2.24) is 0 Å². The molecule has 2 heterocycles. The maximum Gasteiger partial charge on any atom is 0.266 e. The second-order valence-electron chi connectivity index (χ2n) is 10.9. The summed E-state index contributed by atoms with van der Waals surface area (Å²) < 4.78 is 32.6. The topological polar surface area (TPSA) is 74.8 Å². The summed E-state index contributed by atoms with van der Waals surface area (Å²) in [7, 11) is 0. The predicted molar refractivity (Wildman–Crippen MR) is 163 cm³/mol. The molecule has 0 fully saturated rings. The fraction of sp³-hybridized carbons (Fsp3) is 0. The van der Waals surface area contributed by atoms with Crippen LogP contribution in [0.1, 0.15) is 41.4 Å². The van der Waals surface area contributed by atoms with E-state index in [1.807, 2.05) is 0 Å². The van der Waals surface area contributed by atoms with Gasteiger partial charge in [-0.1, -0.05) is 48.5 Å². The molecule has 0 saturated carbocycles. The second-order valence-corrected chi connectivity index (χ2v) is 10.9. The van der Waals surface area contributed by atoms with Crippen molar-refractivity contribution in [2.45, 2.75) is 0 Å². The lowest BCUT2D eigenvalue weighted by atomic mass is 9.81. The minimum Gasteiger partial charge on any atom is -0.268 e. The van der Waals surface area contributed by atoms with Crippen LogP contribution in [0.4, 0.5) is 20.2 Å². The molecule has 9 rings (SSSR count). The highest BCUT2D eigenvalue weighted by Crippen LogP contribution is 2.48. The number of fused-ring (bicyclic) bond motifs is 2. The number of anilines is 2. The predicted octanol–water partition coefficient (Wildman–Crippen LogP) is 7.62. The quantitative estimate of drug-likeness (QED) is 0.120. The summed E-state index contributed by atoms with van der Waals surface area (Å²) in [6.07, 6.45) is 0. The van der Waals surface area contributed by atoms with Crippen LogP contribution in [0, 0.1) is 11.6 Å². The Kier molecular flexibility index (Phi) is 4.63. The van der Waals surface area contributed by atoms with Crippen molar-refractivity contribution in [3.05, 3.63) is 131 Å². The van der Waals surface area contributed by atoms with Gasteiger partial charge in [-0.2, -0.15) is 0 Å². The lowest BCUT2D eigenvalue weighted by Gasteiger charge is -2.30. The molecular weight excluding hydrogens is 562 g/mol. The van der Waals surface area contributed by atoms with Gasteiger partial charge in [0.05, 0.1) is 22.5 Å². The lowest BCUT2D eigenvalue weighted by molar-refractivity contribution is 0.0877. The Hall–Kier alpha value is -6.02. The largest absolute Gasteiger partial charge is 0.268 e. The van der Waals surface area contributed by atoms with Crippen LogP contribution < -0.4 is 9.80 Å². The Morgan fingerprint density at radius 1 is 0.386 bits per heavy atom. The van der Waals surface area contributed by atoms with Gasteiger partial charge in [-0.15, -0.1) is 0 Å². The van der Waals surface area contributed by atoms with Crippen molar-refractivity contribution < 1.29 is 28.0 Å². The average molecular weight is 579 g/mol. The minimum atomic E-state index is -0.785. The third-order valence-corrected chi connectivity index (χ3v) is 8.77. The molecule has 2 aliphatic heterocycles. The summed E-state index contributed by atoms with van der Waals surface area (Å²) in [5.74, 6) is -4.11. The molecule has 0 bridgehead atoms. The molecule has 0 radical (unpaired) electrons. The lowest BCUT2D eigenvalue weighted by Crippen LogP contribution is -2.40. The van der Waals surface area contributed by atoms with E-state index in [2.05, 4.69) is 0 Å². The van der Waals surface area contributed by atoms with Crippen molar-refractivity contribution in [3.63, 3.8) is 0 Å². The van der Waals surface area contributed by atoms with E-state index in [9.17, 15) is 19.2 Å². The van der Waals surface area contributed by atoms with E-state index in [1.54, 1.807) is 84.9 Å². The fourth-order valence-corrected chi connectivity index (χ4v) is 6.99. The Balaban J connectivity index is 1.40. The molecule has 0 atom stereocenters. The van der Waals surface area contributed by atoms with Gasteiger partial charge in [0.1, 0.15) is 11.6 Å². The molecular formula is C36H16F2N2O4. The summed E-state index contributed by atoms with van der Waals surface area (Å²) in [6.45, 7) is 0. The normalized spacial score (nSPS) is 14.7. The van der Waals surface area contributed by atoms with Gasteiger partial charge in [0.2, 0.25) is 0 Å². The van der Waals surface area contributed by atoms with E-state index in [1.165, 1.54) is 0 Å². The van der Waals surface area contributed by atoms with Gasteiger partial charge >= 0.3 is 0 Å². The number of benzene rings is 7. The maximum absolute atomic E-state index is 16.3. The van der Waals surface area contributed by atoms with E-state index in [0.29, 0.717) is 27.2 Å². The molecule has 8 heteroatoms. The number of hydrogen-bond donors (Lipinski definition) is 0. The summed E-state index contributed by atoms with van der Waals surface area (Å²) >= 11 is 0. The van der Waals surface area contributed by atoms with Crippen LogP contribution in [-0.2, 0) is 0 Å². The number of nitrogens with zero attached hydrogens (tertiary/aromatic N) is 2. The molecule has 0 unspecified atom stereocenters. The SMILES string of the molecule is O=C1c2ccc3c4c(F)cc5c6c(cc(F)c(c7ccc(c2c37)C(=O)N1c1ccccc1)c64)C(=O)N(c1ccccc1)C5=O. The molecule has 2 aliphatic rings. The molecule has 0 saturated heterocycles. The molecule has 7 aromatic carbocycles. The van der Waals surface area contributed by atoms with E-state index in [0.717, 1.165) is 21.9 Å². The monoisotopic (exact) mass is 578 g/mol. The Labute approximate surface area is 246 Å². The molecule has 0 aromatic heterocycles. The molecule has 7 aromatic rings. The third-order valence-electron chi connectivity index (χ3n) is 8.77. The van der Waals surface area contributed by atoms with Crippen molar-refractivity contribution in [2.24, 2.45) is 0 Å². The molecule has 4 amide bonds. The number of hydrogen-bond acceptors (Lipinski definition) is 4. The highest BCUT2D eigenvalue weighted by atomic mass is 19.1. The number of carbonyl (C=O) groups excluding carboxylic acids is 4. The smallest absolute Gasteiger partial charge is 0.266 e. The number of rotatable bonds is 2. The van der Waals surface area contributed by atoms with Crippen molar-refractivity contribution in [1.29, 1.82) is 0 Å². The number of para-hydroxylation sites is 2. The summed E-state index contributed by atoms with van der Waals surface area (Å²) in [5, 5.41) is 1.65. The number of imide groups is 2. The molecule has 0 spiro atoms. The summed E-state index contributed by atoms with van der Waals surface area (Å²) in [5.41, 5.74) is 1.02. The number of carbonyl (C=O) groups is 4. The van der Waals surface area contributed by atoms with Gasteiger partial charge in [0.25, 0.3) is 23.6 Å². The minimum absolute atomic E-state index is 0.00912. The molecule has 0 N–H and O–H groups in total. The zero-order chi connectivity index (χ0) is 30.0. The van der Waals surface area contributed by atoms with Crippen LogP contribution in [0.2, 0.25) is 0 Å². The Bertz CT molecular complexity index is 2370. The van der Waals surface area contributed by atoms with Gasteiger partial charge in [-0.3, -0.25) is 19.2 Å². The van der Waals surface area contributed by atoms with Crippen LogP contribution in [0.3, 0.4) is 0 Å². The first kappa shape index (κ1) is 24.6. The van der Waals surface area contributed by atoms with Crippen molar-refractivity contribution >= 4 is 78.1 Å².